The van der Waals surface area contributed by atoms with E-state index in [1.807, 2.05) is 0 Å². The molecule has 1 heterocycles. The summed E-state index contributed by atoms with van der Waals surface area (Å²) in [6, 6.07) is 6.14. The van der Waals surface area contributed by atoms with Crippen LogP contribution in [0.4, 0.5) is 4.39 Å². The van der Waals surface area contributed by atoms with E-state index in [4.69, 9.17) is 10.5 Å². The number of pyridine rings is 1. The third kappa shape index (κ3) is 2.60. The number of hydrogen-bond acceptors (Lipinski definition) is 3. The van der Waals surface area contributed by atoms with E-state index in [9.17, 15) is 4.39 Å². The van der Waals surface area contributed by atoms with E-state index in [1.165, 1.54) is 12.1 Å². The molecule has 0 fully saturated rings. The van der Waals surface area contributed by atoms with Crippen LogP contribution in [0.1, 0.15) is 11.1 Å². The van der Waals surface area contributed by atoms with Gasteiger partial charge in [0.1, 0.15) is 17.3 Å². The lowest BCUT2D eigenvalue weighted by Gasteiger charge is -2.11. The Morgan fingerprint density at radius 2 is 2.12 bits per heavy atom. The van der Waals surface area contributed by atoms with Gasteiger partial charge in [-0.25, -0.2) is 4.39 Å². The lowest BCUT2D eigenvalue weighted by molar-refractivity contribution is 0.469. The summed E-state index contributed by atoms with van der Waals surface area (Å²) in [4.78, 5) is 3.97. The van der Waals surface area contributed by atoms with Gasteiger partial charge in [0.05, 0.1) is 0 Å². The Bertz CT molecular complexity index is 529. The fourth-order valence-corrected chi connectivity index (χ4v) is 1.51. The number of nitrogens with two attached hydrogens (primary N) is 1. The zero-order valence-corrected chi connectivity index (χ0v) is 9.48. The van der Waals surface area contributed by atoms with Crippen molar-refractivity contribution in [2.45, 2.75) is 13.5 Å². The third-order valence-corrected chi connectivity index (χ3v) is 2.44. The van der Waals surface area contributed by atoms with E-state index in [1.54, 1.807) is 31.5 Å². The molecule has 0 atom stereocenters. The minimum Gasteiger partial charge on any atom is -0.457 e. The highest BCUT2D eigenvalue weighted by Crippen LogP contribution is 2.27. The first-order valence-corrected chi connectivity index (χ1v) is 5.27. The first-order chi connectivity index (χ1) is 8.20. The molecule has 0 saturated heterocycles. The number of ether oxygens (including phenoxy) is 1. The van der Waals surface area contributed by atoms with Crippen molar-refractivity contribution in [2.75, 3.05) is 0 Å². The molecule has 0 aliphatic carbocycles. The first-order valence-electron chi connectivity index (χ1n) is 5.27. The first kappa shape index (κ1) is 11.5. The molecule has 0 saturated carbocycles. The molecule has 0 aliphatic rings. The van der Waals surface area contributed by atoms with Crippen LogP contribution in [0.5, 0.6) is 11.5 Å². The minimum atomic E-state index is -0.274. The van der Waals surface area contributed by atoms with Gasteiger partial charge in [0.2, 0.25) is 0 Å². The van der Waals surface area contributed by atoms with Crippen LogP contribution < -0.4 is 10.5 Å². The van der Waals surface area contributed by atoms with Gasteiger partial charge in [-0.2, -0.15) is 0 Å². The van der Waals surface area contributed by atoms with Crippen LogP contribution in [0, 0.1) is 12.7 Å². The zero-order chi connectivity index (χ0) is 12.3. The summed E-state index contributed by atoms with van der Waals surface area (Å²) < 4.78 is 18.6. The van der Waals surface area contributed by atoms with Crippen LogP contribution in [0.2, 0.25) is 0 Å². The summed E-state index contributed by atoms with van der Waals surface area (Å²) >= 11 is 0. The van der Waals surface area contributed by atoms with Crippen molar-refractivity contribution in [1.29, 1.82) is 0 Å². The second kappa shape index (κ2) is 4.93. The summed E-state index contributed by atoms with van der Waals surface area (Å²) in [5, 5.41) is 0. The molecule has 2 aromatic rings. The second-order valence-corrected chi connectivity index (χ2v) is 3.70. The largest absolute Gasteiger partial charge is 0.457 e. The Hall–Kier alpha value is -1.94. The number of benzene rings is 1. The monoisotopic (exact) mass is 232 g/mol. The normalized spacial score (nSPS) is 10.3. The Balaban J connectivity index is 2.31. The lowest BCUT2D eigenvalue weighted by Crippen LogP contribution is -2.00. The van der Waals surface area contributed by atoms with Gasteiger partial charge >= 0.3 is 0 Å². The highest BCUT2D eigenvalue weighted by molar-refractivity contribution is 5.39. The maximum atomic E-state index is 12.9. The zero-order valence-electron chi connectivity index (χ0n) is 9.48. The van der Waals surface area contributed by atoms with E-state index in [0.717, 1.165) is 11.1 Å². The number of aromatic nitrogens is 1. The Morgan fingerprint density at radius 1 is 1.29 bits per heavy atom. The average Bonchev–Trinajstić information content (AvgIpc) is 2.33. The third-order valence-electron chi connectivity index (χ3n) is 2.44. The molecular formula is C13H13FN2O. The van der Waals surface area contributed by atoms with E-state index < -0.39 is 0 Å². The van der Waals surface area contributed by atoms with Gasteiger partial charge in [-0.1, -0.05) is 0 Å². The van der Waals surface area contributed by atoms with Gasteiger partial charge < -0.3 is 10.5 Å². The van der Waals surface area contributed by atoms with Crippen molar-refractivity contribution in [1.82, 2.24) is 4.98 Å². The summed E-state index contributed by atoms with van der Waals surface area (Å²) in [6.45, 7) is 2.14. The molecule has 0 spiro atoms. The molecule has 1 aromatic carbocycles. The Labute approximate surface area is 99.1 Å². The Kier molecular flexibility index (Phi) is 3.35. The molecule has 0 aliphatic heterocycles. The van der Waals surface area contributed by atoms with Gasteiger partial charge in [0.15, 0.2) is 0 Å². The number of rotatable bonds is 3. The number of nitrogens with zero attached hydrogens (tertiary/aromatic N) is 1. The molecule has 0 radical (unpaired) electrons. The molecule has 3 nitrogen and oxygen atoms in total. The lowest BCUT2D eigenvalue weighted by atomic mass is 10.2. The highest BCUT2D eigenvalue weighted by atomic mass is 19.1. The summed E-state index contributed by atoms with van der Waals surface area (Å²) in [5.74, 6) is 0.994. The van der Waals surface area contributed by atoms with E-state index in [-0.39, 0.29) is 5.82 Å². The molecule has 0 bridgehead atoms. The molecule has 0 amide bonds. The number of halogens is 1. The van der Waals surface area contributed by atoms with Gasteiger partial charge in [-0.3, -0.25) is 4.98 Å². The molecular weight excluding hydrogens is 219 g/mol. The SMILES string of the molecule is Cc1cc(F)ccc1Oc1ccncc1CN. The predicted molar refractivity (Wildman–Crippen MR) is 63.3 cm³/mol. The van der Waals surface area contributed by atoms with Crippen molar-refractivity contribution in [3.8, 4) is 11.5 Å². The number of hydrogen-bond donors (Lipinski definition) is 1. The Morgan fingerprint density at radius 3 is 2.82 bits per heavy atom. The standard InChI is InChI=1S/C13H13FN2O/c1-9-6-11(14)2-3-12(9)17-13-4-5-16-8-10(13)7-15/h2-6,8H,7,15H2,1H3. The van der Waals surface area contributed by atoms with Crippen LogP contribution in [0.25, 0.3) is 0 Å². The van der Waals surface area contributed by atoms with Crippen LogP contribution in [-0.4, -0.2) is 4.98 Å². The van der Waals surface area contributed by atoms with E-state index in [2.05, 4.69) is 4.98 Å². The molecule has 0 unspecified atom stereocenters. The van der Waals surface area contributed by atoms with Crippen molar-refractivity contribution >= 4 is 0 Å². The van der Waals surface area contributed by atoms with Crippen molar-refractivity contribution in [3.63, 3.8) is 0 Å². The minimum absolute atomic E-state index is 0.274. The fourth-order valence-electron chi connectivity index (χ4n) is 1.51. The quantitative estimate of drug-likeness (QED) is 0.885. The van der Waals surface area contributed by atoms with Gasteiger partial charge in [-0.15, -0.1) is 0 Å². The molecule has 17 heavy (non-hydrogen) atoms. The summed E-state index contributed by atoms with van der Waals surface area (Å²) in [6.07, 6.45) is 3.29. The smallest absolute Gasteiger partial charge is 0.135 e. The topological polar surface area (TPSA) is 48.1 Å². The average molecular weight is 232 g/mol. The van der Waals surface area contributed by atoms with E-state index in [0.29, 0.717) is 18.0 Å². The molecule has 2 N–H and O–H groups in total. The molecule has 2 rings (SSSR count). The van der Waals surface area contributed by atoms with E-state index >= 15 is 0 Å². The maximum Gasteiger partial charge on any atom is 0.135 e. The van der Waals surface area contributed by atoms with Crippen LogP contribution in [0.3, 0.4) is 0 Å². The summed E-state index contributed by atoms with van der Waals surface area (Å²) in [7, 11) is 0. The van der Waals surface area contributed by atoms with Crippen molar-refractivity contribution in [2.24, 2.45) is 5.73 Å². The van der Waals surface area contributed by atoms with Gasteiger partial charge in [0.25, 0.3) is 0 Å². The van der Waals surface area contributed by atoms with Gasteiger partial charge in [0, 0.05) is 24.5 Å². The van der Waals surface area contributed by atoms with Crippen LogP contribution >= 0.6 is 0 Å². The van der Waals surface area contributed by atoms with Crippen molar-refractivity contribution < 1.29 is 9.13 Å². The predicted octanol–water partition coefficient (Wildman–Crippen LogP) is 2.78. The summed E-state index contributed by atoms with van der Waals surface area (Å²) in [5.41, 5.74) is 7.14. The van der Waals surface area contributed by atoms with Crippen LogP contribution in [-0.2, 0) is 6.54 Å². The second-order valence-electron chi connectivity index (χ2n) is 3.70. The van der Waals surface area contributed by atoms with Gasteiger partial charge in [-0.05, 0) is 36.8 Å². The molecule has 4 heteroatoms. The maximum absolute atomic E-state index is 12.9. The fraction of sp³-hybridized carbons (Fsp3) is 0.154. The molecule has 1 aromatic heterocycles. The molecule has 88 valence electrons. The highest BCUT2D eigenvalue weighted by Gasteiger charge is 2.06. The van der Waals surface area contributed by atoms with Crippen LogP contribution in [0.15, 0.2) is 36.7 Å². The number of aryl methyl sites for hydroxylation is 1. The van der Waals surface area contributed by atoms with Crippen molar-refractivity contribution in [3.05, 3.63) is 53.6 Å².